The summed E-state index contributed by atoms with van der Waals surface area (Å²) < 4.78 is 0. The van der Waals surface area contributed by atoms with Crippen LogP contribution in [0.4, 0.5) is 0 Å². The number of hydrogen-bond acceptors (Lipinski definition) is 4. The molecule has 90 valence electrons. The maximum atomic E-state index is 5.68. The van der Waals surface area contributed by atoms with Crippen LogP contribution in [-0.2, 0) is 6.42 Å². The van der Waals surface area contributed by atoms with Crippen LogP contribution in [0.1, 0.15) is 11.4 Å². The van der Waals surface area contributed by atoms with Crippen molar-refractivity contribution in [2.24, 2.45) is 0 Å². The van der Waals surface area contributed by atoms with Gasteiger partial charge in [-0.3, -0.25) is 0 Å². The standard InChI is InChI=1S/C12H13ClN2S2/c1-16-10-6-3-2-5-9(10)12-15-14-11(17-12)7-4-8-13/h2-3,5-6H,4,7-8H2,1H3. The van der Waals surface area contributed by atoms with E-state index in [2.05, 4.69) is 28.6 Å². The van der Waals surface area contributed by atoms with Crippen LogP contribution in [0.2, 0.25) is 0 Å². The third-order valence-electron chi connectivity index (χ3n) is 2.33. The molecule has 0 saturated carbocycles. The summed E-state index contributed by atoms with van der Waals surface area (Å²) in [6.07, 6.45) is 3.96. The van der Waals surface area contributed by atoms with Crippen LogP contribution in [0.15, 0.2) is 29.2 Å². The predicted molar refractivity (Wildman–Crippen MR) is 76.2 cm³/mol. The minimum atomic E-state index is 0.677. The van der Waals surface area contributed by atoms with Gasteiger partial charge in [-0.05, 0) is 18.7 Å². The highest BCUT2D eigenvalue weighted by molar-refractivity contribution is 7.98. The maximum Gasteiger partial charge on any atom is 0.148 e. The second kappa shape index (κ2) is 6.38. The first kappa shape index (κ1) is 12.9. The van der Waals surface area contributed by atoms with E-state index in [0.717, 1.165) is 22.9 Å². The van der Waals surface area contributed by atoms with Crippen LogP contribution >= 0.6 is 34.7 Å². The highest BCUT2D eigenvalue weighted by Gasteiger charge is 2.09. The quantitative estimate of drug-likeness (QED) is 0.611. The van der Waals surface area contributed by atoms with Crippen LogP contribution in [0, 0.1) is 0 Å². The van der Waals surface area contributed by atoms with Crippen LogP contribution in [-0.4, -0.2) is 22.3 Å². The summed E-state index contributed by atoms with van der Waals surface area (Å²) in [5.41, 5.74) is 1.18. The van der Waals surface area contributed by atoms with Crippen LogP contribution < -0.4 is 0 Å². The van der Waals surface area contributed by atoms with E-state index in [1.807, 2.05) is 12.1 Å². The Morgan fingerprint density at radius 3 is 2.88 bits per heavy atom. The van der Waals surface area contributed by atoms with Gasteiger partial charge in [0, 0.05) is 22.8 Å². The largest absolute Gasteiger partial charge is 0.148 e. The fourth-order valence-electron chi connectivity index (χ4n) is 1.50. The molecule has 0 aliphatic carbocycles. The number of thioether (sulfide) groups is 1. The van der Waals surface area contributed by atoms with Crippen molar-refractivity contribution in [2.45, 2.75) is 17.7 Å². The zero-order valence-electron chi connectivity index (χ0n) is 9.52. The summed E-state index contributed by atoms with van der Waals surface area (Å²) in [5, 5.41) is 10.5. The molecule has 0 atom stereocenters. The molecule has 0 radical (unpaired) electrons. The predicted octanol–water partition coefficient (Wildman–Crippen LogP) is 4.10. The Labute approximate surface area is 114 Å². The Hall–Kier alpha value is -0.580. The molecule has 2 nitrogen and oxygen atoms in total. The van der Waals surface area contributed by atoms with Gasteiger partial charge >= 0.3 is 0 Å². The van der Waals surface area contributed by atoms with Gasteiger partial charge in [-0.1, -0.05) is 29.5 Å². The number of aromatic nitrogens is 2. The molecule has 0 spiro atoms. The van der Waals surface area contributed by atoms with Crippen molar-refractivity contribution in [3.8, 4) is 10.6 Å². The highest BCUT2D eigenvalue weighted by atomic mass is 35.5. The monoisotopic (exact) mass is 284 g/mol. The molecular formula is C12H13ClN2S2. The van der Waals surface area contributed by atoms with Gasteiger partial charge in [-0.25, -0.2) is 0 Å². The summed E-state index contributed by atoms with van der Waals surface area (Å²) in [7, 11) is 0. The van der Waals surface area contributed by atoms with E-state index in [1.165, 1.54) is 10.5 Å². The lowest BCUT2D eigenvalue weighted by atomic mass is 10.2. The molecule has 1 aromatic heterocycles. The lowest BCUT2D eigenvalue weighted by Gasteiger charge is -2.01. The van der Waals surface area contributed by atoms with Crippen LogP contribution in [0.5, 0.6) is 0 Å². The van der Waals surface area contributed by atoms with Gasteiger partial charge in [-0.15, -0.1) is 33.6 Å². The third-order valence-corrected chi connectivity index (χ3v) is 4.41. The van der Waals surface area contributed by atoms with Crippen molar-refractivity contribution in [3.63, 3.8) is 0 Å². The van der Waals surface area contributed by atoms with Crippen LogP contribution in [0.3, 0.4) is 0 Å². The fourth-order valence-corrected chi connectivity index (χ4v) is 3.22. The number of aryl methyl sites for hydroxylation is 1. The molecule has 0 aliphatic heterocycles. The Kier molecular flexibility index (Phi) is 4.83. The van der Waals surface area contributed by atoms with Crippen molar-refractivity contribution in [1.82, 2.24) is 10.2 Å². The summed E-state index contributed by atoms with van der Waals surface area (Å²) >= 11 is 9.07. The van der Waals surface area contributed by atoms with Gasteiger partial charge in [-0.2, -0.15) is 0 Å². The highest BCUT2D eigenvalue weighted by Crippen LogP contribution is 2.32. The average Bonchev–Trinajstić information content (AvgIpc) is 2.85. The Bertz CT molecular complexity index is 485. The third kappa shape index (κ3) is 3.21. The zero-order chi connectivity index (χ0) is 12.1. The zero-order valence-corrected chi connectivity index (χ0v) is 11.9. The first-order chi connectivity index (χ1) is 8.35. The second-order valence-electron chi connectivity index (χ2n) is 3.49. The number of benzene rings is 1. The average molecular weight is 285 g/mol. The van der Waals surface area contributed by atoms with E-state index in [4.69, 9.17) is 11.6 Å². The molecule has 17 heavy (non-hydrogen) atoms. The van der Waals surface area contributed by atoms with Gasteiger partial charge < -0.3 is 0 Å². The molecular weight excluding hydrogens is 272 g/mol. The molecule has 0 N–H and O–H groups in total. The Morgan fingerprint density at radius 1 is 1.29 bits per heavy atom. The number of alkyl halides is 1. The number of hydrogen-bond donors (Lipinski definition) is 0. The fraction of sp³-hybridized carbons (Fsp3) is 0.333. The first-order valence-electron chi connectivity index (χ1n) is 5.37. The SMILES string of the molecule is CSc1ccccc1-c1nnc(CCCCl)s1. The van der Waals surface area contributed by atoms with Gasteiger partial charge in [0.1, 0.15) is 10.0 Å². The molecule has 0 aliphatic rings. The van der Waals surface area contributed by atoms with E-state index in [-0.39, 0.29) is 0 Å². The number of nitrogens with zero attached hydrogens (tertiary/aromatic N) is 2. The topological polar surface area (TPSA) is 25.8 Å². The normalized spacial score (nSPS) is 10.7. The molecule has 0 amide bonds. The Morgan fingerprint density at radius 2 is 2.12 bits per heavy atom. The smallest absolute Gasteiger partial charge is 0.143 e. The molecule has 0 fully saturated rings. The van der Waals surface area contributed by atoms with E-state index in [0.29, 0.717) is 5.88 Å². The van der Waals surface area contributed by atoms with Gasteiger partial charge in [0.15, 0.2) is 0 Å². The Balaban J connectivity index is 2.24. The molecule has 0 saturated heterocycles. The van der Waals surface area contributed by atoms with Crippen molar-refractivity contribution in [1.29, 1.82) is 0 Å². The van der Waals surface area contributed by atoms with Gasteiger partial charge in [0.05, 0.1) is 0 Å². The lowest BCUT2D eigenvalue weighted by molar-refractivity contribution is 0.884. The van der Waals surface area contributed by atoms with Gasteiger partial charge in [0.25, 0.3) is 0 Å². The van der Waals surface area contributed by atoms with E-state index in [9.17, 15) is 0 Å². The summed E-state index contributed by atoms with van der Waals surface area (Å²) in [4.78, 5) is 1.24. The van der Waals surface area contributed by atoms with Crippen molar-refractivity contribution >= 4 is 34.7 Å². The van der Waals surface area contributed by atoms with E-state index in [1.54, 1.807) is 23.1 Å². The maximum absolute atomic E-state index is 5.68. The van der Waals surface area contributed by atoms with Crippen LogP contribution in [0.25, 0.3) is 10.6 Å². The second-order valence-corrected chi connectivity index (χ2v) is 5.78. The minimum absolute atomic E-state index is 0.677. The van der Waals surface area contributed by atoms with Crippen molar-refractivity contribution in [2.75, 3.05) is 12.1 Å². The molecule has 1 aromatic carbocycles. The molecule has 1 heterocycles. The van der Waals surface area contributed by atoms with Gasteiger partial charge in [0.2, 0.25) is 0 Å². The summed E-state index contributed by atoms with van der Waals surface area (Å²) in [6, 6.07) is 8.29. The number of halogens is 1. The molecule has 2 aromatic rings. The molecule has 5 heteroatoms. The lowest BCUT2D eigenvalue weighted by Crippen LogP contribution is -1.84. The van der Waals surface area contributed by atoms with Crippen molar-refractivity contribution in [3.05, 3.63) is 29.3 Å². The molecule has 0 unspecified atom stereocenters. The molecule has 2 rings (SSSR count). The van der Waals surface area contributed by atoms with E-state index >= 15 is 0 Å². The molecule has 0 bridgehead atoms. The summed E-state index contributed by atoms with van der Waals surface area (Å²) in [5.74, 6) is 0.677. The van der Waals surface area contributed by atoms with Crippen molar-refractivity contribution < 1.29 is 0 Å². The first-order valence-corrected chi connectivity index (χ1v) is 7.94. The van der Waals surface area contributed by atoms with E-state index < -0.39 is 0 Å². The summed E-state index contributed by atoms with van der Waals surface area (Å²) in [6.45, 7) is 0. The minimum Gasteiger partial charge on any atom is -0.143 e. The number of rotatable bonds is 5.